The summed E-state index contributed by atoms with van der Waals surface area (Å²) in [4.78, 5) is 13.0. The maximum absolute atomic E-state index is 13.0. The highest BCUT2D eigenvalue weighted by Gasteiger charge is 2.44. The van der Waals surface area contributed by atoms with Gasteiger partial charge in [-0.15, -0.1) is 0 Å². The van der Waals surface area contributed by atoms with Crippen molar-refractivity contribution in [2.45, 2.75) is 269 Å². The minimum atomic E-state index is -1.56. The molecule has 342 valence electrons. The molecule has 1 heterocycles. The second-order valence-corrected chi connectivity index (χ2v) is 17.3. The molecule has 1 amide bonds. The van der Waals surface area contributed by atoms with E-state index < -0.39 is 49.5 Å². The molecule has 7 atom stereocenters. The van der Waals surface area contributed by atoms with Gasteiger partial charge in [0, 0.05) is 6.42 Å². The number of hydrogen-bond donors (Lipinski definition) is 6. The lowest BCUT2D eigenvalue weighted by atomic mass is 9.99. The summed E-state index contributed by atoms with van der Waals surface area (Å²) >= 11 is 0. The molecule has 0 saturated carbocycles. The van der Waals surface area contributed by atoms with Crippen LogP contribution in [0.25, 0.3) is 0 Å². The summed E-state index contributed by atoms with van der Waals surface area (Å²) in [6.45, 7) is 3.78. The lowest BCUT2D eigenvalue weighted by Crippen LogP contribution is -2.60. The van der Waals surface area contributed by atoms with Crippen LogP contribution in [-0.4, -0.2) is 87.5 Å². The molecular weight excluding hydrogens is 731 g/mol. The standard InChI is InChI=1S/C49H93NO8/c1-3-5-7-9-11-13-15-17-19-21-22-23-25-27-29-31-33-35-37-39-45(53)50-42(41-57-49-48(56)47(55)46(54)44(40-51)58-49)43(52)38-36-34-32-30-28-26-24-20-18-16-14-12-10-8-6-4-2/h21-22,36,38,42-44,46-49,51-52,54-56H,3-20,23-35,37,39-41H2,1-2H3,(H,50,53)/b22-21-,38-36+. The second-order valence-electron chi connectivity index (χ2n) is 17.3. The van der Waals surface area contributed by atoms with Gasteiger partial charge in [0.25, 0.3) is 0 Å². The monoisotopic (exact) mass is 824 g/mol. The third-order valence-electron chi connectivity index (χ3n) is 11.8. The van der Waals surface area contributed by atoms with Gasteiger partial charge in [-0.25, -0.2) is 0 Å². The van der Waals surface area contributed by atoms with Crippen molar-refractivity contribution in [1.82, 2.24) is 5.32 Å². The predicted molar refractivity (Wildman–Crippen MR) is 240 cm³/mol. The van der Waals surface area contributed by atoms with Crippen LogP contribution < -0.4 is 5.32 Å². The van der Waals surface area contributed by atoms with Gasteiger partial charge in [0.1, 0.15) is 24.4 Å². The number of aliphatic hydroxyl groups is 5. The Bertz CT molecular complexity index is 961. The van der Waals surface area contributed by atoms with Crippen LogP contribution in [0, 0.1) is 0 Å². The van der Waals surface area contributed by atoms with Crippen LogP contribution in [0.4, 0.5) is 0 Å². The molecule has 1 saturated heterocycles. The number of ether oxygens (including phenoxy) is 2. The van der Waals surface area contributed by atoms with Crippen LogP contribution in [0.3, 0.4) is 0 Å². The zero-order valence-electron chi connectivity index (χ0n) is 37.6. The molecule has 0 bridgehead atoms. The molecule has 0 aromatic carbocycles. The van der Waals surface area contributed by atoms with Gasteiger partial charge in [0.2, 0.25) is 5.91 Å². The van der Waals surface area contributed by atoms with E-state index in [1.807, 2.05) is 6.08 Å². The molecule has 58 heavy (non-hydrogen) atoms. The van der Waals surface area contributed by atoms with Gasteiger partial charge < -0.3 is 40.3 Å². The van der Waals surface area contributed by atoms with Gasteiger partial charge in [-0.1, -0.05) is 199 Å². The summed E-state index contributed by atoms with van der Waals surface area (Å²) in [6.07, 6.45) is 40.7. The topological polar surface area (TPSA) is 149 Å². The number of nitrogens with one attached hydrogen (secondary N) is 1. The molecule has 6 N–H and O–H groups in total. The van der Waals surface area contributed by atoms with Gasteiger partial charge in [0.05, 0.1) is 25.4 Å². The van der Waals surface area contributed by atoms with Crippen molar-refractivity contribution in [1.29, 1.82) is 0 Å². The molecule has 0 spiro atoms. The van der Waals surface area contributed by atoms with Crippen LogP contribution in [-0.2, 0) is 14.3 Å². The van der Waals surface area contributed by atoms with E-state index in [2.05, 4.69) is 31.3 Å². The van der Waals surface area contributed by atoms with E-state index in [0.717, 1.165) is 38.5 Å². The Morgan fingerprint density at radius 3 is 1.40 bits per heavy atom. The summed E-state index contributed by atoms with van der Waals surface area (Å²) in [6, 6.07) is -0.804. The van der Waals surface area contributed by atoms with E-state index in [1.165, 1.54) is 167 Å². The minimum absolute atomic E-state index is 0.180. The SMILES string of the molecule is CCCCCCCCCC/C=C\CCCCCCCCCC(=O)NC(COC1OC(CO)C(O)C(O)C1O)C(O)/C=C/CCCCCCCCCCCCCCCC. The smallest absolute Gasteiger partial charge is 0.220 e. The Morgan fingerprint density at radius 2 is 0.966 bits per heavy atom. The van der Waals surface area contributed by atoms with Crippen molar-refractivity contribution >= 4 is 5.91 Å². The lowest BCUT2D eigenvalue weighted by molar-refractivity contribution is -0.302. The molecule has 9 heteroatoms. The molecule has 0 aromatic heterocycles. The van der Waals surface area contributed by atoms with Crippen molar-refractivity contribution in [3.8, 4) is 0 Å². The quantitative estimate of drug-likeness (QED) is 0.0264. The Kier molecular flexibility index (Phi) is 37.5. The van der Waals surface area contributed by atoms with E-state index in [0.29, 0.717) is 6.42 Å². The fraction of sp³-hybridized carbons (Fsp3) is 0.898. The Hall–Kier alpha value is -1.33. The van der Waals surface area contributed by atoms with Crippen LogP contribution in [0.2, 0.25) is 0 Å². The molecule has 1 aliphatic rings. The maximum atomic E-state index is 13.0. The first kappa shape index (κ1) is 54.7. The van der Waals surface area contributed by atoms with E-state index in [4.69, 9.17) is 9.47 Å². The minimum Gasteiger partial charge on any atom is -0.394 e. The van der Waals surface area contributed by atoms with Gasteiger partial charge in [-0.3, -0.25) is 4.79 Å². The zero-order chi connectivity index (χ0) is 42.3. The number of amides is 1. The van der Waals surface area contributed by atoms with E-state index in [1.54, 1.807) is 6.08 Å². The molecule has 0 aromatic rings. The van der Waals surface area contributed by atoms with E-state index in [-0.39, 0.29) is 12.5 Å². The van der Waals surface area contributed by atoms with E-state index in [9.17, 15) is 30.3 Å². The van der Waals surface area contributed by atoms with Gasteiger partial charge in [-0.2, -0.15) is 0 Å². The largest absolute Gasteiger partial charge is 0.394 e. The maximum Gasteiger partial charge on any atom is 0.220 e. The number of rotatable bonds is 41. The highest BCUT2D eigenvalue weighted by molar-refractivity contribution is 5.76. The van der Waals surface area contributed by atoms with Crippen molar-refractivity contribution in [3.63, 3.8) is 0 Å². The van der Waals surface area contributed by atoms with E-state index >= 15 is 0 Å². The molecule has 7 unspecified atom stereocenters. The summed E-state index contributed by atoms with van der Waals surface area (Å²) in [5.41, 5.74) is 0. The van der Waals surface area contributed by atoms with Crippen molar-refractivity contribution in [2.24, 2.45) is 0 Å². The summed E-state index contributed by atoms with van der Waals surface area (Å²) in [7, 11) is 0. The van der Waals surface area contributed by atoms with Crippen LogP contribution in [0.15, 0.2) is 24.3 Å². The number of hydrogen-bond acceptors (Lipinski definition) is 8. The lowest BCUT2D eigenvalue weighted by Gasteiger charge is -2.40. The van der Waals surface area contributed by atoms with Crippen molar-refractivity contribution in [3.05, 3.63) is 24.3 Å². The first-order valence-corrected chi connectivity index (χ1v) is 24.6. The summed E-state index contributed by atoms with van der Waals surface area (Å²) in [5, 5.41) is 54.3. The van der Waals surface area contributed by atoms with Gasteiger partial charge in [-0.05, 0) is 44.9 Å². The Labute approximate surface area is 356 Å². The number of aliphatic hydroxyl groups excluding tert-OH is 5. The van der Waals surface area contributed by atoms with Crippen LogP contribution in [0.1, 0.15) is 226 Å². The number of carbonyl (C=O) groups excluding carboxylic acids is 1. The van der Waals surface area contributed by atoms with Gasteiger partial charge >= 0.3 is 0 Å². The average Bonchev–Trinajstić information content (AvgIpc) is 3.22. The predicted octanol–water partition coefficient (Wildman–Crippen LogP) is 10.7. The normalized spacial score (nSPS) is 21.0. The molecule has 1 aliphatic heterocycles. The fourth-order valence-corrected chi connectivity index (χ4v) is 7.80. The van der Waals surface area contributed by atoms with Crippen LogP contribution in [0.5, 0.6) is 0 Å². The number of carbonyl (C=O) groups is 1. The van der Waals surface area contributed by atoms with Crippen molar-refractivity contribution < 1.29 is 39.8 Å². The molecular formula is C49H93NO8. The first-order valence-electron chi connectivity index (χ1n) is 24.6. The second kappa shape index (κ2) is 39.8. The summed E-state index contributed by atoms with van der Waals surface area (Å²) in [5.74, 6) is -0.180. The highest BCUT2D eigenvalue weighted by Crippen LogP contribution is 2.23. The molecule has 9 nitrogen and oxygen atoms in total. The third-order valence-corrected chi connectivity index (χ3v) is 11.8. The van der Waals surface area contributed by atoms with Crippen LogP contribution >= 0.6 is 0 Å². The van der Waals surface area contributed by atoms with Gasteiger partial charge in [0.15, 0.2) is 6.29 Å². The molecule has 1 rings (SSSR count). The molecule has 1 fully saturated rings. The first-order chi connectivity index (χ1) is 28.3. The zero-order valence-corrected chi connectivity index (χ0v) is 37.6. The number of unbranched alkanes of at least 4 members (excludes halogenated alkanes) is 29. The summed E-state index contributed by atoms with van der Waals surface area (Å²) < 4.78 is 11.2. The highest BCUT2D eigenvalue weighted by atomic mass is 16.7. The molecule has 0 aliphatic carbocycles. The Morgan fingerprint density at radius 1 is 0.569 bits per heavy atom. The molecule has 0 radical (unpaired) electrons. The number of allylic oxidation sites excluding steroid dienone is 3. The fourth-order valence-electron chi connectivity index (χ4n) is 7.80. The Balaban J connectivity index is 2.32. The van der Waals surface area contributed by atoms with Crippen molar-refractivity contribution in [2.75, 3.05) is 13.2 Å². The average molecular weight is 824 g/mol. The third kappa shape index (κ3) is 29.8.